The molecule has 0 saturated heterocycles. The Hall–Kier alpha value is -0.300. The van der Waals surface area contributed by atoms with Crippen molar-refractivity contribution in [2.24, 2.45) is 0 Å². The molecule has 1 rings (SSSR count). The number of rotatable bonds is 3. The van der Waals surface area contributed by atoms with Crippen LogP contribution in [0.3, 0.4) is 0 Å². The molecule has 1 fully saturated rings. The smallest absolute Gasteiger partial charge is 0.0187 e. The third-order valence-electron chi connectivity index (χ3n) is 2.72. The summed E-state index contributed by atoms with van der Waals surface area (Å²) in [5.74, 6) is 0. The Balaban J connectivity index is 2.29. The van der Waals surface area contributed by atoms with Crippen molar-refractivity contribution in [1.82, 2.24) is 4.90 Å². The first kappa shape index (κ1) is 9.79. The molecule has 1 heteroatoms. The Labute approximate surface area is 76.5 Å². The molecule has 1 nitrogen and oxygen atoms in total. The fraction of sp³-hybridized carbons (Fsp3) is 0.818. The Morgan fingerprint density at radius 3 is 2.42 bits per heavy atom. The van der Waals surface area contributed by atoms with Gasteiger partial charge >= 0.3 is 0 Å². The van der Waals surface area contributed by atoms with Gasteiger partial charge in [0.15, 0.2) is 0 Å². The zero-order valence-electron chi connectivity index (χ0n) is 8.47. The summed E-state index contributed by atoms with van der Waals surface area (Å²) in [7, 11) is 2.23. The van der Waals surface area contributed by atoms with E-state index < -0.39 is 0 Å². The molecule has 70 valence electrons. The minimum atomic E-state index is 0.829. The van der Waals surface area contributed by atoms with Gasteiger partial charge in [-0.1, -0.05) is 31.4 Å². The van der Waals surface area contributed by atoms with Crippen molar-refractivity contribution in [2.75, 3.05) is 13.6 Å². The molecule has 12 heavy (non-hydrogen) atoms. The van der Waals surface area contributed by atoms with Crippen molar-refractivity contribution in [1.29, 1.82) is 0 Å². The Morgan fingerprint density at radius 2 is 1.92 bits per heavy atom. The van der Waals surface area contributed by atoms with Crippen LogP contribution in [-0.2, 0) is 0 Å². The summed E-state index contributed by atoms with van der Waals surface area (Å²) in [4.78, 5) is 2.46. The molecule has 1 saturated carbocycles. The summed E-state index contributed by atoms with van der Waals surface area (Å²) >= 11 is 0. The van der Waals surface area contributed by atoms with Crippen molar-refractivity contribution in [3.63, 3.8) is 0 Å². The van der Waals surface area contributed by atoms with Gasteiger partial charge in [-0.2, -0.15) is 0 Å². The van der Waals surface area contributed by atoms with Crippen LogP contribution in [0.15, 0.2) is 12.2 Å². The summed E-state index contributed by atoms with van der Waals surface area (Å²) in [6, 6.07) is 0.829. The predicted octanol–water partition coefficient (Wildman–Crippen LogP) is 2.83. The van der Waals surface area contributed by atoms with E-state index in [0.29, 0.717) is 0 Å². The molecule has 0 N–H and O–H groups in total. The van der Waals surface area contributed by atoms with Crippen LogP contribution < -0.4 is 0 Å². The number of hydrogen-bond donors (Lipinski definition) is 0. The van der Waals surface area contributed by atoms with Gasteiger partial charge in [-0.25, -0.2) is 0 Å². The second-order valence-corrected chi connectivity index (χ2v) is 4.16. The molecule has 0 aromatic rings. The van der Waals surface area contributed by atoms with Crippen molar-refractivity contribution in [2.45, 2.75) is 45.1 Å². The Morgan fingerprint density at radius 1 is 1.33 bits per heavy atom. The maximum Gasteiger partial charge on any atom is 0.0187 e. The maximum absolute atomic E-state index is 3.95. The zero-order valence-corrected chi connectivity index (χ0v) is 8.47. The van der Waals surface area contributed by atoms with Gasteiger partial charge in [0.05, 0.1) is 0 Å². The van der Waals surface area contributed by atoms with E-state index in [-0.39, 0.29) is 0 Å². The fourth-order valence-electron chi connectivity index (χ4n) is 2.08. The van der Waals surface area contributed by atoms with Crippen LogP contribution in [0, 0.1) is 0 Å². The van der Waals surface area contributed by atoms with E-state index in [1.54, 1.807) is 0 Å². The van der Waals surface area contributed by atoms with Gasteiger partial charge in [0.2, 0.25) is 0 Å². The number of nitrogens with zero attached hydrogens (tertiary/aromatic N) is 1. The van der Waals surface area contributed by atoms with Crippen LogP contribution in [-0.4, -0.2) is 24.5 Å². The van der Waals surface area contributed by atoms with Crippen molar-refractivity contribution in [3.8, 4) is 0 Å². The highest BCUT2D eigenvalue weighted by Gasteiger charge is 2.17. The molecule has 1 aliphatic carbocycles. The molecule has 0 spiro atoms. The van der Waals surface area contributed by atoms with Gasteiger partial charge in [-0.15, -0.1) is 0 Å². The van der Waals surface area contributed by atoms with Gasteiger partial charge < -0.3 is 0 Å². The summed E-state index contributed by atoms with van der Waals surface area (Å²) in [6.45, 7) is 7.13. The molecular weight excluding hydrogens is 146 g/mol. The molecule has 0 unspecified atom stereocenters. The van der Waals surface area contributed by atoms with Gasteiger partial charge in [0.25, 0.3) is 0 Å². The van der Waals surface area contributed by atoms with Gasteiger partial charge in [-0.3, -0.25) is 4.90 Å². The topological polar surface area (TPSA) is 3.24 Å². The van der Waals surface area contributed by atoms with Gasteiger partial charge in [0.1, 0.15) is 0 Å². The van der Waals surface area contributed by atoms with Crippen LogP contribution in [0.2, 0.25) is 0 Å². The first-order valence-corrected chi connectivity index (χ1v) is 5.05. The van der Waals surface area contributed by atoms with E-state index in [4.69, 9.17) is 0 Å². The molecule has 0 radical (unpaired) electrons. The molecule has 0 amide bonds. The van der Waals surface area contributed by atoms with E-state index >= 15 is 0 Å². The molecule has 0 heterocycles. The maximum atomic E-state index is 3.95. The highest BCUT2D eigenvalue weighted by molar-refractivity contribution is 4.92. The van der Waals surface area contributed by atoms with E-state index in [1.807, 2.05) is 0 Å². The molecule has 0 aliphatic heterocycles. The van der Waals surface area contributed by atoms with Crippen LogP contribution in [0.5, 0.6) is 0 Å². The molecule has 0 aromatic heterocycles. The third kappa shape index (κ3) is 2.98. The van der Waals surface area contributed by atoms with E-state index in [2.05, 4.69) is 25.5 Å². The SMILES string of the molecule is C=C(C)CN(C)C1CCCCC1. The minimum Gasteiger partial charge on any atom is -0.300 e. The molecular formula is C11H21N. The molecule has 0 atom stereocenters. The average molecular weight is 167 g/mol. The van der Waals surface area contributed by atoms with E-state index in [0.717, 1.165) is 12.6 Å². The van der Waals surface area contributed by atoms with Crippen molar-refractivity contribution < 1.29 is 0 Å². The summed E-state index contributed by atoms with van der Waals surface area (Å²) in [6.07, 6.45) is 7.07. The largest absolute Gasteiger partial charge is 0.300 e. The van der Waals surface area contributed by atoms with Gasteiger partial charge in [0, 0.05) is 12.6 Å². The minimum absolute atomic E-state index is 0.829. The lowest BCUT2D eigenvalue weighted by Gasteiger charge is -2.31. The summed E-state index contributed by atoms with van der Waals surface area (Å²) in [5, 5.41) is 0. The quantitative estimate of drug-likeness (QED) is 0.584. The lowest BCUT2D eigenvalue weighted by atomic mass is 9.94. The van der Waals surface area contributed by atoms with Crippen LogP contribution in [0.25, 0.3) is 0 Å². The lowest BCUT2D eigenvalue weighted by molar-refractivity contribution is 0.205. The molecule has 1 aliphatic rings. The second-order valence-electron chi connectivity index (χ2n) is 4.16. The normalized spacial score (nSPS) is 19.9. The Bertz CT molecular complexity index is 145. The molecule has 0 aromatic carbocycles. The van der Waals surface area contributed by atoms with Crippen molar-refractivity contribution in [3.05, 3.63) is 12.2 Å². The van der Waals surface area contributed by atoms with Crippen LogP contribution >= 0.6 is 0 Å². The van der Waals surface area contributed by atoms with Crippen molar-refractivity contribution >= 4 is 0 Å². The standard InChI is InChI=1S/C11H21N/c1-10(2)9-12(3)11-7-5-4-6-8-11/h11H,1,4-9H2,2-3H3. The van der Waals surface area contributed by atoms with Crippen LogP contribution in [0.4, 0.5) is 0 Å². The monoisotopic (exact) mass is 167 g/mol. The third-order valence-corrected chi connectivity index (χ3v) is 2.72. The molecule has 0 bridgehead atoms. The van der Waals surface area contributed by atoms with Gasteiger partial charge in [-0.05, 0) is 26.8 Å². The Kier molecular flexibility index (Phi) is 3.80. The summed E-state index contributed by atoms with van der Waals surface area (Å²) in [5.41, 5.74) is 1.28. The van der Waals surface area contributed by atoms with E-state index in [1.165, 1.54) is 37.7 Å². The van der Waals surface area contributed by atoms with E-state index in [9.17, 15) is 0 Å². The summed E-state index contributed by atoms with van der Waals surface area (Å²) < 4.78 is 0. The average Bonchev–Trinajstić information content (AvgIpc) is 2.05. The fourth-order valence-corrected chi connectivity index (χ4v) is 2.08. The van der Waals surface area contributed by atoms with Crippen LogP contribution in [0.1, 0.15) is 39.0 Å². The second kappa shape index (κ2) is 4.66. The highest BCUT2D eigenvalue weighted by atomic mass is 15.1. The highest BCUT2D eigenvalue weighted by Crippen LogP contribution is 2.21. The number of hydrogen-bond acceptors (Lipinski definition) is 1. The zero-order chi connectivity index (χ0) is 8.97. The first-order chi connectivity index (χ1) is 5.70. The lowest BCUT2D eigenvalue weighted by Crippen LogP contribution is -2.34. The number of likely N-dealkylation sites (N-methyl/N-ethyl adjacent to an activating group) is 1. The predicted molar refractivity (Wildman–Crippen MR) is 54.3 cm³/mol. The first-order valence-electron chi connectivity index (χ1n) is 5.05.